The fourth-order valence-corrected chi connectivity index (χ4v) is 3.17. The summed E-state index contributed by atoms with van der Waals surface area (Å²) in [6.07, 6.45) is 1.57. The van der Waals surface area contributed by atoms with Crippen LogP contribution in [-0.4, -0.2) is 15.5 Å². The highest BCUT2D eigenvalue weighted by molar-refractivity contribution is 7.14. The van der Waals surface area contributed by atoms with E-state index in [4.69, 9.17) is 4.42 Å². The number of para-hydroxylation sites is 1. The van der Waals surface area contributed by atoms with Gasteiger partial charge in [-0.1, -0.05) is 24.3 Å². The summed E-state index contributed by atoms with van der Waals surface area (Å²) in [4.78, 5) is 28.1. The Morgan fingerprint density at radius 1 is 1.20 bits per heavy atom. The van der Waals surface area contributed by atoms with Gasteiger partial charge in [0.1, 0.15) is 17.8 Å². The molecule has 0 saturated carbocycles. The molecule has 0 aliphatic rings. The van der Waals surface area contributed by atoms with Gasteiger partial charge in [-0.25, -0.2) is 4.98 Å². The third-order valence-electron chi connectivity index (χ3n) is 3.64. The van der Waals surface area contributed by atoms with Crippen molar-refractivity contribution < 1.29 is 9.21 Å². The number of hydrogen-bond acceptors (Lipinski definition) is 5. The lowest BCUT2D eigenvalue weighted by atomic mass is 10.2. The number of aromatic nitrogens is 2. The van der Waals surface area contributed by atoms with Crippen LogP contribution in [-0.2, 0) is 11.3 Å². The molecule has 0 aliphatic heterocycles. The van der Waals surface area contributed by atoms with Gasteiger partial charge in [0.25, 0.3) is 5.56 Å². The Hall–Kier alpha value is -3.19. The van der Waals surface area contributed by atoms with E-state index in [1.807, 2.05) is 35.7 Å². The average molecular weight is 351 g/mol. The van der Waals surface area contributed by atoms with Crippen molar-refractivity contribution in [3.63, 3.8) is 0 Å². The summed E-state index contributed by atoms with van der Waals surface area (Å²) >= 11 is 1.31. The number of rotatable bonds is 4. The standard InChI is InChI=1S/C18H13N3O3S/c22-16(10-21-8-4-3-7-17(21)23)20-18-19-13(11-25-18)15-9-12-5-1-2-6-14(12)24-15/h1-9,11H,10H2,(H,19,20,22). The largest absolute Gasteiger partial charge is 0.454 e. The van der Waals surface area contributed by atoms with Crippen LogP contribution in [0.3, 0.4) is 0 Å². The Bertz CT molecular complexity index is 1080. The van der Waals surface area contributed by atoms with Gasteiger partial charge in [-0.3, -0.25) is 9.59 Å². The van der Waals surface area contributed by atoms with Crippen LogP contribution in [0.2, 0.25) is 0 Å². The lowest BCUT2D eigenvalue weighted by molar-refractivity contribution is -0.116. The van der Waals surface area contributed by atoms with Gasteiger partial charge >= 0.3 is 0 Å². The van der Waals surface area contributed by atoms with Crippen molar-refractivity contribution in [2.75, 3.05) is 5.32 Å². The predicted molar refractivity (Wildman–Crippen MR) is 96.7 cm³/mol. The molecule has 0 atom stereocenters. The van der Waals surface area contributed by atoms with Crippen molar-refractivity contribution in [2.24, 2.45) is 0 Å². The highest BCUT2D eigenvalue weighted by atomic mass is 32.1. The molecule has 0 saturated heterocycles. The number of carbonyl (C=O) groups excluding carboxylic acids is 1. The minimum absolute atomic E-state index is 0.0563. The quantitative estimate of drug-likeness (QED) is 0.612. The van der Waals surface area contributed by atoms with Crippen molar-refractivity contribution in [2.45, 2.75) is 6.54 Å². The molecule has 4 rings (SSSR count). The number of fused-ring (bicyclic) bond motifs is 1. The van der Waals surface area contributed by atoms with Crippen molar-refractivity contribution >= 4 is 33.3 Å². The van der Waals surface area contributed by atoms with Crippen LogP contribution in [0.4, 0.5) is 5.13 Å². The molecule has 4 aromatic rings. The van der Waals surface area contributed by atoms with E-state index < -0.39 is 0 Å². The summed E-state index contributed by atoms with van der Waals surface area (Å²) in [5.41, 5.74) is 1.23. The third-order valence-corrected chi connectivity index (χ3v) is 4.40. The second-order valence-corrected chi connectivity index (χ2v) is 6.26. The van der Waals surface area contributed by atoms with Gasteiger partial charge in [-0.15, -0.1) is 11.3 Å². The Morgan fingerprint density at radius 2 is 2.04 bits per heavy atom. The highest BCUT2D eigenvalue weighted by Gasteiger charge is 2.12. The minimum Gasteiger partial charge on any atom is -0.454 e. The number of benzene rings is 1. The molecule has 1 aromatic carbocycles. The van der Waals surface area contributed by atoms with E-state index in [9.17, 15) is 9.59 Å². The van der Waals surface area contributed by atoms with Crippen LogP contribution in [0.25, 0.3) is 22.4 Å². The summed E-state index contributed by atoms with van der Waals surface area (Å²) < 4.78 is 7.11. The monoisotopic (exact) mass is 351 g/mol. The van der Waals surface area contributed by atoms with E-state index in [1.165, 1.54) is 22.0 Å². The SMILES string of the molecule is O=C(Cn1ccccc1=O)Nc1nc(-c2cc3ccccc3o2)cs1. The molecule has 0 fully saturated rings. The van der Waals surface area contributed by atoms with Crippen LogP contribution >= 0.6 is 11.3 Å². The third kappa shape index (κ3) is 3.22. The first-order chi connectivity index (χ1) is 12.2. The Labute approximate surface area is 146 Å². The second kappa shape index (κ2) is 6.37. The molecular formula is C18H13N3O3S. The van der Waals surface area contributed by atoms with Crippen molar-refractivity contribution in [1.29, 1.82) is 0 Å². The van der Waals surface area contributed by atoms with Crippen LogP contribution in [0.1, 0.15) is 0 Å². The van der Waals surface area contributed by atoms with Gasteiger partial charge in [0.2, 0.25) is 5.91 Å². The number of nitrogens with one attached hydrogen (secondary N) is 1. The van der Waals surface area contributed by atoms with Crippen LogP contribution in [0, 0.1) is 0 Å². The molecular weight excluding hydrogens is 338 g/mol. The van der Waals surface area contributed by atoms with E-state index in [-0.39, 0.29) is 18.0 Å². The van der Waals surface area contributed by atoms with Crippen LogP contribution < -0.4 is 10.9 Å². The number of thiazole rings is 1. The summed E-state index contributed by atoms with van der Waals surface area (Å²) in [6, 6.07) is 14.4. The van der Waals surface area contributed by atoms with Crippen molar-refractivity contribution in [1.82, 2.24) is 9.55 Å². The maximum Gasteiger partial charge on any atom is 0.250 e. The average Bonchev–Trinajstić information content (AvgIpc) is 3.23. The molecule has 0 aliphatic carbocycles. The number of hydrogen-bond donors (Lipinski definition) is 1. The van der Waals surface area contributed by atoms with E-state index in [1.54, 1.807) is 18.3 Å². The van der Waals surface area contributed by atoms with E-state index in [0.717, 1.165) is 11.0 Å². The molecule has 3 aromatic heterocycles. The summed E-state index contributed by atoms with van der Waals surface area (Å²) in [7, 11) is 0. The van der Waals surface area contributed by atoms with Gasteiger partial charge in [0, 0.05) is 23.0 Å². The second-order valence-electron chi connectivity index (χ2n) is 5.40. The zero-order valence-corrected chi connectivity index (χ0v) is 13.8. The van der Waals surface area contributed by atoms with Crippen molar-refractivity contribution in [3.8, 4) is 11.5 Å². The number of nitrogens with zero attached hydrogens (tertiary/aromatic N) is 2. The Kier molecular flexibility index (Phi) is 3.91. The van der Waals surface area contributed by atoms with Gasteiger partial charge in [0.05, 0.1) is 0 Å². The topological polar surface area (TPSA) is 77.1 Å². The molecule has 1 amide bonds. The lowest BCUT2D eigenvalue weighted by Crippen LogP contribution is -2.26. The minimum atomic E-state index is -0.307. The van der Waals surface area contributed by atoms with Gasteiger partial charge < -0.3 is 14.3 Å². The molecule has 124 valence electrons. The summed E-state index contributed by atoms with van der Waals surface area (Å²) in [5, 5.41) is 5.99. The fraction of sp³-hybridized carbons (Fsp3) is 0.0556. The first-order valence-electron chi connectivity index (χ1n) is 7.59. The van der Waals surface area contributed by atoms with Gasteiger partial charge in [-0.05, 0) is 18.2 Å². The number of amides is 1. The number of anilines is 1. The predicted octanol–water partition coefficient (Wildman–Crippen LogP) is 3.36. The highest BCUT2D eigenvalue weighted by Crippen LogP contribution is 2.30. The molecule has 6 nitrogen and oxygen atoms in total. The Morgan fingerprint density at radius 3 is 2.88 bits per heavy atom. The van der Waals surface area contributed by atoms with E-state index >= 15 is 0 Å². The maximum absolute atomic E-state index is 12.1. The molecule has 3 heterocycles. The first kappa shape index (κ1) is 15.3. The molecule has 0 spiro atoms. The molecule has 0 bridgehead atoms. The number of carbonyl (C=O) groups is 1. The zero-order valence-electron chi connectivity index (χ0n) is 13.0. The van der Waals surface area contributed by atoms with Gasteiger partial charge in [-0.2, -0.15) is 0 Å². The normalized spacial score (nSPS) is 10.9. The molecule has 1 N–H and O–H groups in total. The van der Waals surface area contributed by atoms with E-state index in [2.05, 4.69) is 10.3 Å². The van der Waals surface area contributed by atoms with Crippen molar-refractivity contribution in [3.05, 3.63) is 70.5 Å². The fourth-order valence-electron chi connectivity index (χ4n) is 2.46. The lowest BCUT2D eigenvalue weighted by Gasteiger charge is -2.04. The molecule has 0 unspecified atom stereocenters. The summed E-state index contributed by atoms with van der Waals surface area (Å²) in [5.74, 6) is 0.344. The van der Waals surface area contributed by atoms with E-state index in [0.29, 0.717) is 16.6 Å². The first-order valence-corrected chi connectivity index (χ1v) is 8.47. The van der Waals surface area contributed by atoms with Crippen LogP contribution in [0.15, 0.2) is 69.3 Å². The molecule has 0 radical (unpaired) electrons. The maximum atomic E-state index is 12.1. The van der Waals surface area contributed by atoms with Gasteiger partial charge in [0.15, 0.2) is 10.9 Å². The molecule has 25 heavy (non-hydrogen) atoms. The number of furan rings is 1. The molecule has 7 heteroatoms. The van der Waals surface area contributed by atoms with Crippen LogP contribution in [0.5, 0.6) is 0 Å². The summed E-state index contributed by atoms with van der Waals surface area (Å²) in [6.45, 7) is -0.0563. The Balaban J connectivity index is 1.50. The number of pyridine rings is 1. The zero-order chi connectivity index (χ0) is 17.2. The smallest absolute Gasteiger partial charge is 0.250 e.